The SMILES string of the molecule is CC(CC(=O)NO)OCCCN1CCc2ccccc2C1. The molecule has 2 N–H and O–H groups in total. The number of nitrogens with zero attached hydrogens (tertiary/aromatic N) is 1. The second-order valence-corrected chi connectivity index (χ2v) is 5.57. The first kappa shape index (κ1) is 15.9. The zero-order valence-electron chi connectivity index (χ0n) is 12.5. The highest BCUT2D eigenvalue weighted by Crippen LogP contribution is 2.18. The summed E-state index contributed by atoms with van der Waals surface area (Å²) in [6, 6.07) is 8.61. The van der Waals surface area contributed by atoms with Crippen LogP contribution in [-0.4, -0.2) is 41.8 Å². The molecule has 5 heteroatoms. The summed E-state index contributed by atoms with van der Waals surface area (Å²) in [6.45, 7) is 5.59. The normalized spacial score (nSPS) is 16.3. The molecule has 0 fully saturated rings. The molecule has 5 nitrogen and oxygen atoms in total. The maximum atomic E-state index is 11.0. The van der Waals surface area contributed by atoms with Gasteiger partial charge in [-0.15, -0.1) is 0 Å². The van der Waals surface area contributed by atoms with Gasteiger partial charge in [-0.3, -0.25) is 14.9 Å². The van der Waals surface area contributed by atoms with Crippen molar-refractivity contribution in [2.75, 3.05) is 19.7 Å². The van der Waals surface area contributed by atoms with E-state index in [2.05, 4.69) is 29.2 Å². The molecule has 1 aliphatic rings. The Morgan fingerprint density at radius 2 is 2.19 bits per heavy atom. The fourth-order valence-electron chi connectivity index (χ4n) is 2.68. The third kappa shape index (κ3) is 5.12. The van der Waals surface area contributed by atoms with Crippen molar-refractivity contribution in [2.24, 2.45) is 0 Å². The van der Waals surface area contributed by atoms with Gasteiger partial charge in [-0.1, -0.05) is 24.3 Å². The Bertz CT molecular complexity index is 465. The van der Waals surface area contributed by atoms with Crippen molar-refractivity contribution >= 4 is 5.91 Å². The first-order valence-electron chi connectivity index (χ1n) is 7.52. The number of fused-ring (bicyclic) bond motifs is 1. The molecule has 0 aliphatic carbocycles. The Labute approximate surface area is 125 Å². The molecule has 116 valence electrons. The van der Waals surface area contributed by atoms with Crippen LogP contribution >= 0.6 is 0 Å². The molecule has 2 rings (SSSR count). The predicted molar refractivity (Wildman–Crippen MR) is 80.0 cm³/mol. The average molecular weight is 292 g/mol. The van der Waals surface area contributed by atoms with Crippen LogP contribution in [0.5, 0.6) is 0 Å². The molecule has 1 amide bonds. The maximum absolute atomic E-state index is 11.0. The minimum Gasteiger partial charge on any atom is -0.378 e. The van der Waals surface area contributed by atoms with Crippen LogP contribution in [-0.2, 0) is 22.5 Å². The molecule has 1 aromatic rings. The van der Waals surface area contributed by atoms with Gasteiger partial charge in [-0.25, -0.2) is 5.48 Å². The van der Waals surface area contributed by atoms with E-state index in [-0.39, 0.29) is 12.5 Å². The lowest BCUT2D eigenvalue weighted by atomic mass is 10.00. The minimum atomic E-state index is -0.407. The third-order valence-corrected chi connectivity index (χ3v) is 3.83. The highest BCUT2D eigenvalue weighted by atomic mass is 16.5. The van der Waals surface area contributed by atoms with E-state index in [1.807, 2.05) is 6.92 Å². The molecule has 1 aromatic carbocycles. The van der Waals surface area contributed by atoms with Crippen LogP contribution in [0.1, 0.15) is 30.9 Å². The number of benzene rings is 1. The second kappa shape index (κ2) is 8.12. The molecular formula is C16H24N2O3. The molecule has 1 unspecified atom stereocenters. The van der Waals surface area contributed by atoms with E-state index in [1.165, 1.54) is 11.1 Å². The number of carbonyl (C=O) groups excluding carboxylic acids is 1. The van der Waals surface area contributed by atoms with E-state index < -0.39 is 5.91 Å². The van der Waals surface area contributed by atoms with Crippen LogP contribution in [0.4, 0.5) is 0 Å². The summed E-state index contributed by atoms with van der Waals surface area (Å²) in [5.41, 5.74) is 4.51. The zero-order chi connectivity index (χ0) is 15.1. The molecule has 0 bridgehead atoms. The van der Waals surface area contributed by atoms with Crippen molar-refractivity contribution in [3.63, 3.8) is 0 Å². The number of nitrogens with one attached hydrogen (secondary N) is 1. The van der Waals surface area contributed by atoms with Gasteiger partial charge in [0.05, 0.1) is 12.5 Å². The number of amides is 1. The zero-order valence-corrected chi connectivity index (χ0v) is 12.5. The van der Waals surface area contributed by atoms with Crippen LogP contribution in [0.3, 0.4) is 0 Å². The van der Waals surface area contributed by atoms with Crippen molar-refractivity contribution in [3.8, 4) is 0 Å². The molecule has 1 aliphatic heterocycles. The Balaban J connectivity index is 1.63. The number of carbonyl (C=O) groups is 1. The summed E-state index contributed by atoms with van der Waals surface area (Å²) in [5.74, 6) is -0.407. The van der Waals surface area contributed by atoms with Gasteiger partial charge in [-0.2, -0.15) is 0 Å². The Kier molecular flexibility index (Phi) is 6.17. The molecule has 0 saturated heterocycles. The van der Waals surface area contributed by atoms with E-state index >= 15 is 0 Å². The summed E-state index contributed by atoms with van der Waals surface area (Å²) in [6.07, 6.45) is 2.09. The van der Waals surface area contributed by atoms with E-state index in [1.54, 1.807) is 5.48 Å². The van der Waals surface area contributed by atoms with Gasteiger partial charge in [0.15, 0.2) is 0 Å². The van der Waals surface area contributed by atoms with Crippen LogP contribution in [0.25, 0.3) is 0 Å². The van der Waals surface area contributed by atoms with Crippen LogP contribution in [0.15, 0.2) is 24.3 Å². The van der Waals surface area contributed by atoms with Gasteiger partial charge in [0.25, 0.3) is 0 Å². The number of hydrogen-bond donors (Lipinski definition) is 2. The number of ether oxygens (including phenoxy) is 1. The molecular weight excluding hydrogens is 268 g/mol. The van der Waals surface area contributed by atoms with Gasteiger partial charge in [0.1, 0.15) is 0 Å². The number of hydrogen-bond acceptors (Lipinski definition) is 4. The van der Waals surface area contributed by atoms with Crippen molar-refractivity contribution in [1.82, 2.24) is 10.4 Å². The second-order valence-electron chi connectivity index (χ2n) is 5.57. The summed E-state index contributed by atoms with van der Waals surface area (Å²) in [4.78, 5) is 13.4. The molecule has 0 spiro atoms. The predicted octanol–water partition coefficient (Wildman–Crippen LogP) is 1.74. The standard InChI is InChI=1S/C16H24N2O3/c1-13(11-16(19)17-20)21-10-4-8-18-9-7-14-5-2-3-6-15(14)12-18/h2-3,5-6,13,20H,4,7-12H2,1H3,(H,17,19). The third-order valence-electron chi connectivity index (χ3n) is 3.83. The molecule has 1 atom stereocenters. The van der Waals surface area contributed by atoms with Crippen LogP contribution in [0.2, 0.25) is 0 Å². The van der Waals surface area contributed by atoms with E-state index in [9.17, 15) is 4.79 Å². The van der Waals surface area contributed by atoms with Crippen molar-refractivity contribution in [1.29, 1.82) is 0 Å². The summed E-state index contributed by atoms with van der Waals surface area (Å²) >= 11 is 0. The first-order valence-corrected chi connectivity index (χ1v) is 7.52. The Morgan fingerprint density at radius 1 is 1.43 bits per heavy atom. The fourth-order valence-corrected chi connectivity index (χ4v) is 2.68. The van der Waals surface area contributed by atoms with Crippen LogP contribution < -0.4 is 5.48 Å². The lowest BCUT2D eigenvalue weighted by Crippen LogP contribution is -2.32. The minimum absolute atomic E-state index is 0.167. The highest BCUT2D eigenvalue weighted by Gasteiger charge is 2.15. The molecule has 0 radical (unpaired) electrons. The Hall–Kier alpha value is -1.43. The highest BCUT2D eigenvalue weighted by molar-refractivity contribution is 5.74. The van der Waals surface area contributed by atoms with Gasteiger partial charge < -0.3 is 4.74 Å². The van der Waals surface area contributed by atoms with Crippen molar-refractivity contribution in [3.05, 3.63) is 35.4 Å². The smallest absolute Gasteiger partial charge is 0.245 e. The van der Waals surface area contributed by atoms with Crippen molar-refractivity contribution in [2.45, 2.75) is 38.8 Å². The fraction of sp³-hybridized carbons (Fsp3) is 0.562. The molecule has 1 heterocycles. The summed E-state index contributed by atoms with van der Waals surface area (Å²) in [7, 11) is 0. The maximum Gasteiger partial charge on any atom is 0.245 e. The number of hydroxylamine groups is 1. The van der Waals surface area contributed by atoms with Gasteiger partial charge in [0, 0.05) is 26.2 Å². The largest absolute Gasteiger partial charge is 0.378 e. The number of rotatable bonds is 7. The average Bonchev–Trinajstić information content (AvgIpc) is 2.51. The molecule has 21 heavy (non-hydrogen) atoms. The van der Waals surface area contributed by atoms with Gasteiger partial charge >= 0.3 is 0 Å². The lowest BCUT2D eigenvalue weighted by molar-refractivity contribution is -0.131. The van der Waals surface area contributed by atoms with Crippen LogP contribution in [0, 0.1) is 0 Å². The summed E-state index contributed by atoms with van der Waals surface area (Å²) in [5, 5.41) is 8.44. The molecule has 0 saturated carbocycles. The van der Waals surface area contributed by atoms with Gasteiger partial charge in [0.2, 0.25) is 5.91 Å². The monoisotopic (exact) mass is 292 g/mol. The quantitative estimate of drug-likeness (QED) is 0.456. The van der Waals surface area contributed by atoms with Gasteiger partial charge in [-0.05, 0) is 30.9 Å². The lowest BCUT2D eigenvalue weighted by Gasteiger charge is -2.28. The topological polar surface area (TPSA) is 61.8 Å². The molecule has 0 aromatic heterocycles. The van der Waals surface area contributed by atoms with E-state index in [0.29, 0.717) is 6.61 Å². The van der Waals surface area contributed by atoms with Crippen molar-refractivity contribution < 1.29 is 14.7 Å². The van der Waals surface area contributed by atoms with E-state index in [4.69, 9.17) is 9.94 Å². The van der Waals surface area contributed by atoms with E-state index in [0.717, 1.165) is 32.5 Å². The Morgan fingerprint density at radius 3 is 2.95 bits per heavy atom. The summed E-state index contributed by atoms with van der Waals surface area (Å²) < 4.78 is 5.58. The first-order chi connectivity index (χ1) is 10.2.